The molecule has 0 bridgehead atoms. The van der Waals surface area contributed by atoms with Gasteiger partial charge < -0.3 is 18.9 Å². The van der Waals surface area contributed by atoms with Gasteiger partial charge in [0.05, 0.1) is 18.9 Å². The van der Waals surface area contributed by atoms with Crippen LogP contribution in [-0.2, 0) is 0 Å². The standard InChI is InChI=1S/C20H22N2O5/c1-4-24-16-8-6-14(10-18(16)25-5-2)13(3)21-22-20(23)15-7-9-17-19(11-15)27-12-26-17/h6-11H,4-5,12H2,1-3H3,(H,22,23)/b21-13-. The van der Waals surface area contributed by atoms with Gasteiger partial charge in [0, 0.05) is 11.1 Å². The van der Waals surface area contributed by atoms with Gasteiger partial charge in [-0.25, -0.2) is 5.43 Å². The van der Waals surface area contributed by atoms with E-state index in [4.69, 9.17) is 18.9 Å². The van der Waals surface area contributed by atoms with Crippen LogP contribution in [0.5, 0.6) is 23.0 Å². The highest BCUT2D eigenvalue weighted by Gasteiger charge is 2.16. The van der Waals surface area contributed by atoms with Gasteiger partial charge in [-0.2, -0.15) is 5.10 Å². The molecule has 3 rings (SSSR count). The summed E-state index contributed by atoms with van der Waals surface area (Å²) in [7, 11) is 0. The molecule has 0 radical (unpaired) electrons. The van der Waals surface area contributed by atoms with Crippen molar-refractivity contribution in [2.45, 2.75) is 20.8 Å². The van der Waals surface area contributed by atoms with Gasteiger partial charge in [-0.1, -0.05) is 0 Å². The van der Waals surface area contributed by atoms with Gasteiger partial charge in [-0.3, -0.25) is 4.79 Å². The fourth-order valence-corrected chi connectivity index (χ4v) is 2.58. The van der Waals surface area contributed by atoms with E-state index in [1.807, 2.05) is 39.0 Å². The summed E-state index contributed by atoms with van der Waals surface area (Å²) in [6.07, 6.45) is 0. The summed E-state index contributed by atoms with van der Waals surface area (Å²) < 4.78 is 21.7. The van der Waals surface area contributed by atoms with E-state index in [0.717, 1.165) is 5.56 Å². The first-order chi connectivity index (χ1) is 13.1. The van der Waals surface area contributed by atoms with Crippen LogP contribution in [0.2, 0.25) is 0 Å². The van der Waals surface area contributed by atoms with Crippen LogP contribution in [0.25, 0.3) is 0 Å². The zero-order valence-corrected chi connectivity index (χ0v) is 15.6. The van der Waals surface area contributed by atoms with Crippen LogP contribution in [0, 0.1) is 0 Å². The Morgan fingerprint density at radius 2 is 1.70 bits per heavy atom. The van der Waals surface area contributed by atoms with E-state index in [0.29, 0.717) is 47.5 Å². The van der Waals surface area contributed by atoms with Crippen LogP contribution < -0.4 is 24.4 Å². The summed E-state index contributed by atoms with van der Waals surface area (Å²) in [5.74, 6) is 2.18. The highest BCUT2D eigenvalue weighted by Crippen LogP contribution is 2.32. The number of nitrogens with one attached hydrogen (secondary N) is 1. The summed E-state index contributed by atoms with van der Waals surface area (Å²) in [6, 6.07) is 10.6. The normalized spacial score (nSPS) is 12.6. The van der Waals surface area contributed by atoms with Gasteiger partial charge >= 0.3 is 0 Å². The molecule has 0 unspecified atom stereocenters. The van der Waals surface area contributed by atoms with Crippen LogP contribution in [-0.4, -0.2) is 31.6 Å². The van der Waals surface area contributed by atoms with E-state index >= 15 is 0 Å². The van der Waals surface area contributed by atoms with Crippen molar-refractivity contribution in [2.75, 3.05) is 20.0 Å². The summed E-state index contributed by atoms with van der Waals surface area (Å²) in [5.41, 5.74) is 4.48. The monoisotopic (exact) mass is 370 g/mol. The first kappa shape index (κ1) is 18.6. The molecule has 1 aliphatic rings. The molecule has 0 fully saturated rings. The van der Waals surface area contributed by atoms with Gasteiger partial charge in [0.1, 0.15) is 0 Å². The number of fused-ring (bicyclic) bond motifs is 1. The second kappa shape index (κ2) is 8.44. The van der Waals surface area contributed by atoms with Crippen LogP contribution in [0.1, 0.15) is 36.7 Å². The number of carbonyl (C=O) groups is 1. The predicted octanol–water partition coefficient (Wildman–Crippen LogP) is 3.37. The molecule has 1 heterocycles. The molecule has 0 aliphatic carbocycles. The van der Waals surface area contributed by atoms with Gasteiger partial charge in [0.15, 0.2) is 23.0 Å². The maximum Gasteiger partial charge on any atom is 0.271 e. The lowest BCUT2D eigenvalue weighted by atomic mass is 10.1. The molecular formula is C20H22N2O5. The molecule has 0 atom stereocenters. The molecule has 0 saturated heterocycles. The maximum atomic E-state index is 12.3. The third kappa shape index (κ3) is 4.31. The molecule has 1 aliphatic heterocycles. The van der Waals surface area contributed by atoms with Crippen molar-refractivity contribution >= 4 is 11.6 Å². The molecule has 0 saturated carbocycles. The van der Waals surface area contributed by atoms with E-state index in [2.05, 4.69) is 10.5 Å². The van der Waals surface area contributed by atoms with E-state index < -0.39 is 0 Å². The molecular weight excluding hydrogens is 348 g/mol. The van der Waals surface area contributed by atoms with Crippen molar-refractivity contribution < 1.29 is 23.7 Å². The number of hydrogen-bond donors (Lipinski definition) is 1. The molecule has 0 aromatic heterocycles. The Balaban J connectivity index is 1.73. The van der Waals surface area contributed by atoms with Crippen LogP contribution in [0.15, 0.2) is 41.5 Å². The minimum absolute atomic E-state index is 0.164. The van der Waals surface area contributed by atoms with Crippen molar-refractivity contribution in [3.63, 3.8) is 0 Å². The summed E-state index contributed by atoms with van der Waals surface area (Å²) in [6.45, 7) is 6.89. The van der Waals surface area contributed by atoms with Crippen LogP contribution in [0.4, 0.5) is 0 Å². The minimum atomic E-state index is -0.330. The van der Waals surface area contributed by atoms with Crippen LogP contribution in [0.3, 0.4) is 0 Å². The Kier molecular flexibility index (Phi) is 5.80. The summed E-state index contributed by atoms with van der Waals surface area (Å²) >= 11 is 0. The highest BCUT2D eigenvalue weighted by molar-refractivity contribution is 6.01. The number of ether oxygens (including phenoxy) is 4. The summed E-state index contributed by atoms with van der Waals surface area (Å²) in [5, 5.41) is 4.19. The van der Waals surface area contributed by atoms with Crippen LogP contribution >= 0.6 is 0 Å². The molecule has 1 N–H and O–H groups in total. The highest BCUT2D eigenvalue weighted by atomic mass is 16.7. The average Bonchev–Trinajstić information content (AvgIpc) is 3.15. The summed E-state index contributed by atoms with van der Waals surface area (Å²) in [4.78, 5) is 12.3. The minimum Gasteiger partial charge on any atom is -0.490 e. The van der Waals surface area contributed by atoms with Gasteiger partial charge in [0.25, 0.3) is 5.91 Å². The molecule has 7 nitrogen and oxygen atoms in total. The third-order valence-corrected chi connectivity index (χ3v) is 3.92. The quantitative estimate of drug-likeness (QED) is 0.597. The van der Waals surface area contributed by atoms with Gasteiger partial charge in [0.2, 0.25) is 6.79 Å². The fourth-order valence-electron chi connectivity index (χ4n) is 2.58. The Bertz CT molecular complexity index is 863. The number of benzene rings is 2. The van der Waals surface area contributed by atoms with Crippen molar-refractivity contribution in [3.05, 3.63) is 47.5 Å². The maximum absolute atomic E-state index is 12.3. The topological polar surface area (TPSA) is 78.4 Å². The number of amides is 1. The molecule has 2 aromatic rings. The van der Waals surface area contributed by atoms with Crippen molar-refractivity contribution in [1.29, 1.82) is 0 Å². The SMILES string of the molecule is CCOc1ccc(/C(C)=N\NC(=O)c2ccc3c(c2)OCO3)cc1OCC. The van der Waals surface area contributed by atoms with Gasteiger partial charge in [-0.05, 0) is 57.2 Å². The number of hydrazone groups is 1. The largest absolute Gasteiger partial charge is 0.490 e. The molecule has 7 heteroatoms. The zero-order chi connectivity index (χ0) is 19.2. The number of hydrogen-bond acceptors (Lipinski definition) is 6. The molecule has 2 aromatic carbocycles. The Hall–Kier alpha value is -3.22. The zero-order valence-electron chi connectivity index (χ0n) is 15.6. The fraction of sp³-hybridized carbons (Fsp3) is 0.300. The third-order valence-electron chi connectivity index (χ3n) is 3.92. The van der Waals surface area contributed by atoms with E-state index in [9.17, 15) is 4.79 Å². The smallest absolute Gasteiger partial charge is 0.271 e. The van der Waals surface area contributed by atoms with Gasteiger partial charge in [-0.15, -0.1) is 0 Å². The predicted molar refractivity (Wildman–Crippen MR) is 101 cm³/mol. The van der Waals surface area contributed by atoms with Crippen molar-refractivity contribution in [2.24, 2.45) is 5.10 Å². The Labute approximate surface area is 157 Å². The lowest BCUT2D eigenvalue weighted by Crippen LogP contribution is -2.19. The second-order valence-corrected chi connectivity index (χ2v) is 5.73. The molecule has 27 heavy (non-hydrogen) atoms. The van der Waals surface area contributed by atoms with E-state index in [-0.39, 0.29) is 12.7 Å². The van der Waals surface area contributed by atoms with E-state index in [1.54, 1.807) is 18.2 Å². The second-order valence-electron chi connectivity index (χ2n) is 5.73. The first-order valence-electron chi connectivity index (χ1n) is 8.76. The van der Waals surface area contributed by atoms with Crippen molar-refractivity contribution in [3.8, 4) is 23.0 Å². The van der Waals surface area contributed by atoms with Crippen molar-refractivity contribution in [1.82, 2.24) is 5.43 Å². The Morgan fingerprint density at radius 3 is 2.48 bits per heavy atom. The van der Waals surface area contributed by atoms with E-state index in [1.165, 1.54) is 0 Å². The number of rotatable bonds is 7. The molecule has 0 spiro atoms. The Morgan fingerprint density at radius 1 is 1.00 bits per heavy atom. The molecule has 1 amide bonds. The average molecular weight is 370 g/mol. The number of carbonyl (C=O) groups excluding carboxylic acids is 1. The lowest BCUT2D eigenvalue weighted by Gasteiger charge is -2.12. The first-order valence-corrected chi connectivity index (χ1v) is 8.76. The molecule has 142 valence electrons. The number of nitrogens with zero attached hydrogens (tertiary/aromatic N) is 1. The lowest BCUT2D eigenvalue weighted by molar-refractivity contribution is 0.0954.